The Morgan fingerprint density at radius 3 is 2.50 bits per heavy atom. The van der Waals surface area contributed by atoms with Crippen molar-refractivity contribution < 1.29 is 27.5 Å². The number of benzene rings is 2. The van der Waals surface area contributed by atoms with Crippen LogP contribution in [0.2, 0.25) is 0 Å². The number of rotatable bonds is 4. The molecule has 3 aromatic rings. The molecular weight excluding hydrogens is 471 g/mol. The monoisotopic (exact) mass is 495 g/mol. The minimum atomic E-state index is -0.746. The van der Waals surface area contributed by atoms with Crippen molar-refractivity contribution in [1.29, 1.82) is 0 Å². The summed E-state index contributed by atoms with van der Waals surface area (Å²) in [7, 11) is 0. The highest BCUT2D eigenvalue weighted by atomic mass is 19.1. The van der Waals surface area contributed by atoms with E-state index in [9.17, 15) is 14.0 Å². The first-order valence-corrected chi connectivity index (χ1v) is 12.1. The van der Waals surface area contributed by atoms with Crippen LogP contribution in [0.5, 0.6) is 0 Å². The van der Waals surface area contributed by atoms with Crippen LogP contribution in [0.15, 0.2) is 42.6 Å². The highest BCUT2D eigenvalue weighted by Crippen LogP contribution is 2.37. The van der Waals surface area contributed by atoms with Gasteiger partial charge in [0.15, 0.2) is 0 Å². The molecule has 1 saturated carbocycles. The molecule has 1 atom stereocenters. The van der Waals surface area contributed by atoms with E-state index in [4.69, 9.17) is 4.74 Å². The number of aromatic nitrogens is 1. The maximum Gasteiger partial charge on any atom is 0.248 e. The minimum absolute atomic E-state index is 0.0340. The zero-order chi connectivity index (χ0) is 25.0. The Hall–Kier alpha value is -3.46. The number of ether oxygens (including phenoxy) is 1. The Balaban J connectivity index is 1.18. The number of pyridine rings is 1. The highest BCUT2D eigenvalue weighted by molar-refractivity contribution is 5.84. The van der Waals surface area contributed by atoms with E-state index in [-0.39, 0.29) is 43.0 Å². The molecular formula is C27H24F3N3O3. The Morgan fingerprint density at radius 2 is 1.78 bits per heavy atom. The van der Waals surface area contributed by atoms with Crippen molar-refractivity contribution in [2.75, 3.05) is 19.7 Å². The fourth-order valence-electron chi connectivity index (χ4n) is 5.21. The largest absolute Gasteiger partial charge is 0.363 e. The van der Waals surface area contributed by atoms with E-state index in [0.29, 0.717) is 41.5 Å². The molecule has 2 aromatic carbocycles. The first-order valence-electron chi connectivity index (χ1n) is 12.1. The molecule has 6 nitrogen and oxygen atoms in total. The summed E-state index contributed by atoms with van der Waals surface area (Å²) in [5, 5.41) is 0.587. The van der Waals surface area contributed by atoms with Crippen LogP contribution in [-0.4, -0.2) is 57.9 Å². The second-order valence-corrected chi connectivity index (χ2v) is 9.95. The van der Waals surface area contributed by atoms with Crippen LogP contribution in [0.3, 0.4) is 0 Å². The van der Waals surface area contributed by atoms with Gasteiger partial charge in [-0.2, -0.15) is 0 Å². The second-order valence-electron chi connectivity index (χ2n) is 9.95. The summed E-state index contributed by atoms with van der Waals surface area (Å²) in [5.74, 6) is -2.24. The van der Waals surface area contributed by atoms with Crippen molar-refractivity contribution in [2.45, 2.75) is 43.9 Å². The summed E-state index contributed by atoms with van der Waals surface area (Å²) in [5.41, 5.74) is 0.483. The van der Waals surface area contributed by atoms with E-state index in [0.717, 1.165) is 19.0 Å². The zero-order valence-corrected chi connectivity index (χ0v) is 19.5. The second kappa shape index (κ2) is 8.58. The van der Waals surface area contributed by atoms with Crippen LogP contribution in [0.25, 0.3) is 22.0 Å². The fraction of sp³-hybridized carbons (Fsp3) is 0.370. The topological polar surface area (TPSA) is 62.7 Å². The molecule has 2 saturated heterocycles. The van der Waals surface area contributed by atoms with Crippen molar-refractivity contribution in [3.63, 3.8) is 0 Å². The summed E-state index contributed by atoms with van der Waals surface area (Å²) in [6.45, 7) is 0.463. The van der Waals surface area contributed by atoms with Crippen LogP contribution < -0.4 is 0 Å². The maximum absolute atomic E-state index is 15.1. The van der Waals surface area contributed by atoms with Gasteiger partial charge in [0.05, 0.1) is 36.8 Å². The molecule has 3 heterocycles. The highest BCUT2D eigenvalue weighted by Gasteiger charge is 2.48. The summed E-state index contributed by atoms with van der Waals surface area (Å²) in [4.78, 5) is 32.4. The molecule has 0 bridgehead atoms. The molecule has 1 aromatic heterocycles. The molecule has 6 rings (SSSR count). The van der Waals surface area contributed by atoms with Crippen LogP contribution in [0.4, 0.5) is 13.2 Å². The summed E-state index contributed by atoms with van der Waals surface area (Å²) >= 11 is 0. The number of carbonyl (C=O) groups is 2. The van der Waals surface area contributed by atoms with E-state index in [1.807, 2.05) is 4.90 Å². The fourth-order valence-corrected chi connectivity index (χ4v) is 5.21. The Labute approximate surface area is 205 Å². The molecule has 0 radical (unpaired) electrons. The number of halogens is 3. The third kappa shape index (κ3) is 4.21. The number of morpholine rings is 1. The van der Waals surface area contributed by atoms with Gasteiger partial charge in [-0.15, -0.1) is 0 Å². The van der Waals surface area contributed by atoms with Crippen molar-refractivity contribution in [3.05, 3.63) is 65.6 Å². The maximum atomic E-state index is 15.1. The number of amides is 2. The number of carbonyl (C=O) groups excluding carboxylic acids is 2. The Morgan fingerprint density at radius 1 is 1.00 bits per heavy atom. The standard InChI is InChI=1S/C27H24F3N3O3/c28-19-7-17-2-1-16(10-24(17)31-12-19)18-8-22(29)21(23(30)9-18)13-32-6-5-27(11-25(32)34)15-33(20-3-4-20)26(35)14-36-27/h1-2,7-10,12,20H,3-6,11,13-15H2. The molecule has 1 aliphatic carbocycles. The van der Waals surface area contributed by atoms with E-state index in [1.165, 1.54) is 23.1 Å². The molecule has 186 valence electrons. The minimum Gasteiger partial charge on any atom is -0.363 e. The smallest absolute Gasteiger partial charge is 0.248 e. The van der Waals surface area contributed by atoms with Gasteiger partial charge in [0, 0.05) is 23.5 Å². The molecule has 0 N–H and O–H groups in total. The third-order valence-corrected chi connectivity index (χ3v) is 7.41. The third-order valence-electron chi connectivity index (χ3n) is 7.41. The molecule has 9 heteroatoms. The summed E-state index contributed by atoms with van der Waals surface area (Å²) in [6, 6.07) is 9.02. The lowest BCUT2D eigenvalue weighted by molar-refractivity contribution is -0.178. The number of likely N-dealkylation sites (tertiary alicyclic amines) is 1. The van der Waals surface area contributed by atoms with Gasteiger partial charge in [-0.25, -0.2) is 13.2 Å². The van der Waals surface area contributed by atoms with E-state index in [2.05, 4.69) is 4.98 Å². The van der Waals surface area contributed by atoms with E-state index in [1.54, 1.807) is 18.2 Å². The Kier molecular flexibility index (Phi) is 5.48. The lowest BCUT2D eigenvalue weighted by atomic mass is 9.88. The summed E-state index contributed by atoms with van der Waals surface area (Å²) in [6.07, 6.45) is 3.63. The lowest BCUT2D eigenvalue weighted by Gasteiger charge is -2.46. The molecule has 1 unspecified atom stereocenters. The summed E-state index contributed by atoms with van der Waals surface area (Å²) < 4.78 is 49.4. The predicted molar refractivity (Wildman–Crippen MR) is 125 cm³/mol. The normalized spacial score (nSPS) is 22.6. The SMILES string of the molecule is O=C1CC2(CCN1Cc1c(F)cc(-c3ccc4cc(F)cnc4c3)cc1F)CN(C1CC1)C(=O)CO2. The van der Waals surface area contributed by atoms with Crippen LogP contribution >= 0.6 is 0 Å². The van der Waals surface area contributed by atoms with Gasteiger partial charge in [-0.05, 0) is 54.7 Å². The number of piperidine rings is 1. The van der Waals surface area contributed by atoms with Gasteiger partial charge in [-0.1, -0.05) is 12.1 Å². The van der Waals surface area contributed by atoms with Gasteiger partial charge in [0.1, 0.15) is 24.1 Å². The molecule has 3 fully saturated rings. The van der Waals surface area contributed by atoms with Crippen LogP contribution in [-0.2, 0) is 20.9 Å². The van der Waals surface area contributed by atoms with Gasteiger partial charge < -0.3 is 14.5 Å². The van der Waals surface area contributed by atoms with Crippen molar-refractivity contribution >= 4 is 22.7 Å². The quantitative estimate of drug-likeness (QED) is 0.544. The zero-order valence-electron chi connectivity index (χ0n) is 19.5. The lowest BCUT2D eigenvalue weighted by Crippen LogP contribution is -2.60. The van der Waals surface area contributed by atoms with Crippen LogP contribution in [0, 0.1) is 17.5 Å². The first kappa shape index (κ1) is 23.0. The van der Waals surface area contributed by atoms with E-state index < -0.39 is 23.1 Å². The molecule has 2 aliphatic heterocycles. The number of nitrogens with zero attached hydrogens (tertiary/aromatic N) is 3. The van der Waals surface area contributed by atoms with Gasteiger partial charge in [0.2, 0.25) is 11.8 Å². The Bertz CT molecular complexity index is 1370. The number of hydrogen-bond acceptors (Lipinski definition) is 4. The average molecular weight is 496 g/mol. The number of hydrogen-bond donors (Lipinski definition) is 0. The predicted octanol–water partition coefficient (Wildman–Crippen LogP) is 4.20. The molecule has 36 heavy (non-hydrogen) atoms. The molecule has 3 aliphatic rings. The first-order chi connectivity index (χ1) is 17.3. The number of fused-ring (bicyclic) bond motifs is 1. The van der Waals surface area contributed by atoms with Crippen molar-refractivity contribution in [1.82, 2.24) is 14.8 Å². The van der Waals surface area contributed by atoms with Gasteiger partial charge in [0.25, 0.3) is 0 Å². The molecule has 2 amide bonds. The average Bonchev–Trinajstić information content (AvgIpc) is 3.69. The van der Waals surface area contributed by atoms with Gasteiger partial charge in [-0.3, -0.25) is 14.6 Å². The van der Waals surface area contributed by atoms with Gasteiger partial charge >= 0.3 is 0 Å². The van der Waals surface area contributed by atoms with E-state index >= 15 is 8.78 Å². The van der Waals surface area contributed by atoms with Crippen molar-refractivity contribution in [2.24, 2.45) is 0 Å². The van der Waals surface area contributed by atoms with Crippen LogP contribution in [0.1, 0.15) is 31.2 Å². The molecule has 1 spiro atoms. The van der Waals surface area contributed by atoms with Crippen molar-refractivity contribution in [3.8, 4) is 11.1 Å².